The summed E-state index contributed by atoms with van der Waals surface area (Å²) in [4.78, 5) is 12.0. The van der Waals surface area contributed by atoms with Gasteiger partial charge in [-0.1, -0.05) is 44.2 Å². The molecule has 128 valence electrons. The summed E-state index contributed by atoms with van der Waals surface area (Å²) >= 11 is 0. The van der Waals surface area contributed by atoms with Crippen LogP contribution in [0.2, 0.25) is 0 Å². The van der Waals surface area contributed by atoms with Gasteiger partial charge in [-0.3, -0.25) is 4.79 Å². The van der Waals surface area contributed by atoms with Crippen LogP contribution in [-0.2, 0) is 11.2 Å². The molecule has 0 atom stereocenters. The summed E-state index contributed by atoms with van der Waals surface area (Å²) in [5.41, 5.74) is 1.34. The molecule has 1 aromatic heterocycles. The highest BCUT2D eigenvalue weighted by atomic mass is 16.1. The van der Waals surface area contributed by atoms with E-state index in [1.54, 1.807) is 6.07 Å². The highest BCUT2D eigenvalue weighted by Gasteiger charge is 2.14. The van der Waals surface area contributed by atoms with Crippen LogP contribution >= 0.6 is 0 Å². The smallest absolute Gasteiger partial charge is 0.228 e. The molecule has 0 saturated carbocycles. The summed E-state index contributed by atoms with van der Waals surface area (Å²) in [6, 6.07) is 14.0. The first-order valence-electron chi connectivity index (χ1n) is 8.65. The van der Waals surface area contributed by atoms with Gasteiger partial charge in [-0.2, -0.15) is 0 Å². The molecule has 2 N–H and O–H groups in total. The number of rotatable bonds is 9. The Morgan fingerprint density at radius 2 is 1.67 bits per heavy atom. The van der Waals surface area contributed by atoms with Crippen LogP contribution in [0.15, 0.2) is 42.5 Å². The van der Waals surface area contributed by atoms with E-state index in [0.29, 0.717) is 5.82 Å². The van der Waals surface area contributed by atoms with Crippen molar-refractivity contribution in [3.63, 3.8) is 0 Å². The van der Waals surface area contributed by atoms with Gasteiger partial charge in [0.05, 0.1) is 0 Å². The number of carbonyl (C=O) groups is 1. The fourth-order valence-corrected chi connectivity index (χ4v) is 2.53. The Balaban J connectivity index is 1.74. The number of nitrogens with zero attached hydrogens (tertiary/aromatic N) is 2. The Labute approximate surface area is 143 Å². The molecular formula is C19H26N4O. The predicted molar refractivity (Wildman–Crippen MR) is 98.0 cm³/mol. The molecule has 0 fully saturated rings. The molecule has 0 aliphatic carbocycles. The molecule has 2 aromatic rings. The van der Waals surface area contributed by atoms with Crippen LogP contribution < -0.4 is 10.6 Å². The molecule has 2 rings (SSSR count). The van der Waals surface area contributed by atoms with Gasteiger partial charge in [-0.05, 0) is 43.4 Å². The number of aryl methyl sites for hydroxylation is 1. The molecule has 0 radical (unpaired) electrons. The number of anilines is 2. The second-order valence-corrected chi connectivity index (χ2v) is 5.82. The normalized spacial score (nSPS) is 10.6. The van der Waals surface area contributed by atoms with Crippen LogP contribution in [0.25, 0.3) is 0 Å². The summed E-state index contributed by atoms with van der Waals surface area (Å²) in [5.74, 6) is 1.27. The van der Waals surface area contributed by atoms with E-state index in [2.05, 4.69) is 45.1 Å². The van der Waals surface area contributed by atoms with Crippen LogP contribution in [0.4, 0.5) is 11.6 Å². The lowest BCUT2D eigenvalue weighted by Crippen LogP contribution is -2.22. The summed E-state index contributed by atoms with van der Waals surface area (Å²) in [5, 5.41) is 14.2. The van der Waals surface area contributed by atoms with E-state index in [1.165, 1.54) is 5.56 Å². The molecule has 24 heavy (non-hydrogen) atoms. The second kappa shape index (κ2) is 9.65. The van der Waals surface area contributed by atoms with E-state index >= 15 is 0 Å². The number of aromatic nitrogens is 2. The average molecular weight is 326 g/mol. The van der Waals surface area contributed by atoms with Gasteiger partial charge in [0.15, 0.2) is 5.82 Å². The minimum absolute atomic E-state index is 0.0119. The SMILES string of the molecule is CCC(CC)C(=O)Nc1ccc(NCCCc2ccccc2)nn1. The summed E-state index contributed by atoms with van der Waals surface area (Å²) < 4.78 is 0. The maximum atomic E-state index is 12.0. The zero-order valence-electron chi connectivity index (χ0n) is 14.5. The van der Waals surface area contributed by atoms with Crippen molar-refractivity contribution in [2.75, 3.05) is 17.2 Å². The Morgan fingerprint density at radius 3 is 2.29 bits per heavy atom. The third kappa shape index (κ3) is 5.65. The van der Waals surface area contributed by atoms with Crippen molar-refractivity contribution in [1.82, 2.24) is 10.2 Å². The summed E-state index contributed by atoms with van der Waals surface area (Å²) in [7, 11) is 0. The fraction of sp³-hybridized carbons (Fsp3) is 0.421. The molecule has 0 unspecified atom stereocenters. The van der Waals surface area contributed by atoms with Crippen molar-refractivity contribution in [1.29, 1.82) is 0 Å². The molecule has 1 heterocycles. The molecule has 5 nitrogen and oxygen atoms in total. The molecule has 0 bridgehead atoms. The molecule has 1 amide bonds. The first kappa shape index (κ1) is 17.9. The van der Waals surface area contributed by atoms with Crippen LogP contribution in [0.3, 0.4) is 0 Å². The van der Waals surface area contributed by atoms with Crippen LogP contribution in [0.1, 0.15) is 38.7 Å². The lowest BCUT2D eigenvalue weighted by Gasteiger charge is -2.12. The number of nitrogens with one attached hydrogen (secondary N) is 2. The number of hydrogen-bond donors (Lipinski definition) is 2. The van der Waals surface area contributed by atoms with Gasteiger partial charge in [0.2, 0.25) is 5.91 Å². The van der Waals surface area contributed by atoms with Gasteiger partial charge in [0, 0.05) is 12.5 Å². The Bertz CT molecular complexity index is 609. The van der Waals surface area contributed by atoms with Crippen molar-refractivity contribution in [3.8, 4) is 0 Å². The predicted octanol–water partition coefficient (Wildman–Crippen LogP) is 3.90. The van der Waals surface area contributed by atoms with Crippen LogP contribution in [0, 0.1) is 5.92 Å². The maximum absolute atomic E-state index is 12.0. The molecule has 1 aromatic carbocycles. The third-order valence-corrected chi connectivity index (χ3v) is 4.06. The van der Waals surface area contributed by atoms with E-state index < -0.39 is 0 Å². The fourth-order valence-electron chi connectivity index (χ4n) is 2.53. The van der Waals surface area contributed by atoms with Gasteiger partial charge in [-0.15, -0.1) is 10.2 Å². The standard InChI is InChI=1S/C19H26N4O/c1-3-16(4-2)19(24)21-18-13-12-17(22-23-18)20-14-8-11-15-9-6-5-7-10-15/h5-7,9-10,12-13,16H,3-4,8,11,14H2,1-2H3,(H,20,22)(H,21,23,24). The molecule has 0 aliphatic heterocycles. The molecular weight excluding hydrogens is 300 g/mol. The Hall–Kier alpha value is -2.43. The van der Waals surface area contributed by atoms with Crippen LogP contribution in [-0.4, -0.2) is 22.6 Å². The highest BCUT2D eigenvalue weighted by Crippen LogP contribution is 2.12. The lowest BCUT2D eigenvalue weighted by molar-refractivity contribution is -0.120. The van der Waals surface area contributed by atoms with Crippen molar-refractivity contribution in [2.45, 2.75) is 39.5 Å². The Kier molecular flexibility index (Phi) is 7.21. The van der Waals surface area contributed by atoms with Crippen molar-refractivity contribution < 1.29 is 4.79 Å². The van der Waals surface area contributed by atoms with Gasteiger partial charge >= 0.3 is 0 Å². The summed E-state index contributed by atoms with van der Waals surface area (Å²) in [6.45, 7) is 4.87. The van der Waals surface area contributed by atoms with E-state index in [9.17, 15) is 4.79 Å². The molecule has 0 saturated heterocycles. The molecule has 0 aliphatic rings. The highest BCUT2D eigenvalue weighted by molar-refractivity contribution is 5.91. The molecule has 0 spiro atoms. The van der Waals surface area contributed by atoms with Gasteiger partial charge in [0.1, 0.15) is 5.82 Å². The quantitative estimate of drug-likeness (QED) is 0.686. The van der Waals surface area contributed by atoms with E-state index in [-0.39, 0.29) is 11.8 Å². The van der Waals surface area contributed by atoms with E-state index in [4.69, 9.17) is 0 Å². The third-order valence-electron chi connectivity index (χ3n) is 4.06. The van der Waals surface area contributed by atoms with Gasteiger partial charge < -0.3 is 10.6 Å². The van der Waals surface area contributed by atoms with E-state index in [0.717, 1.165) is 38.0 Å². The number of benzene rings is 1. The zero-order valence-corrected chi connectivity index (χ0v) is 14.5. The topological polar surface area (TPSA) is 66.9 Å². The van der Waals surface area contributed by atoms with Crippen LogP contribution in [0.5, 0.6) is 0 Å². The van der Waals surface area contributed by atoms with Gasteiger partial charge in [0.25, 0.3) is 0 Å². The monoisotopic (exact) mass is 326 g/mol. The zero-order chi connectivity index (χ0) is 17.2. The number of amides is 1. The van der Waals surface area contributed by atoms with Crippen molar-refractivity contribution >= 4 is 17.5 Å². The van der Waals surface area contributed by atoms with Crippen molar-refractivity contribution in [3.05, 3.63) is 48.0 Å². The largest absolute Gasteiger partial charge is 0.369 e. The minimum atomic E-state index is 0.0119. The molecule has 5 heteroatoms. The number of hydrogen-bond acceptors (Lipinski definition) is 4. The lowest BCUT2D eigenvalue weighted by atomic mass is 10.0. The number of carbonyl (C=O) groups excluding carboxylic acids is 1. The maximum Gasteiger partial charge on any atom is 0.228 e. The van der Waals surface area contributed by atoms with Gasteiger partial charge in [-0.25, -0.2) is 0 Å². The first-order valence-corrected chi connectivity index (χ1v) is 8.65. The summed E-state index contributed by atoms with van der Waals surface area (Å²) in [6.07, 6.45) is 3.72. The van der Waals surface area contributed by atoms with E-state index in [1.807, 2.05) is 26.0 Å². The average Bonchev–Trinajstić information content (AvgIpc) is 2.62. The first-order chi connectivity index (χ1) is 11.7. The van der Waals surface area contributed by atoms with Crippen molar-refractivity contribution in [2.24, 2.45) is 5.92 Å². The minimum Gasteiger partial charge on any atom is -0.369 e. The second-order valence-electron chi connectivity index (χ2n) is 5.82. The Morgan fingerprint density at radius 1 is 1.00 bits per heavy atom.